The third kappa shape index (κ3) is 2.97. The maximum atomic E-state index is 13.6. The first-order valence-electron chi connectivity index (χ1n) is 6.47. The maximum Gasteiger partial charge on any atom is 0.338 e. The zero-order valence-electron chi connectivity index (χ0n) is 11.0. The van der Waals surface area contributed by atoms with Crippen LogP contribution in [0, 0.1) is 11.2 Å². The summed E-state index contributed by atoms with van der Waals surface area (Å²) in [6.07, 6.45) is 4.74. The number of nitrogens with two attached hydrogens (primary N) is 1. The van der Waals surface area contributed by atoms with Crippen LogP contribution in [0.4, 0.5) is 15.8 Å². The molecule has 1 aromatic carbocycles. The highest BCUT2D eigenvalue weighted by molar-refractivity contribution is 5.90. The monoisotopic (exact) mass is 266 g/mol. The zero-order valence-corrected chi connectivity index (χ0v) is 11.0. The van der Waals surface area contributed by atoms with E-state index < -0.39 is 17.3 Å². The minimum absolute atomic E-state index is 0.217. The van der Waals surface area contributed by atoms with Gasteiger partial charge in [-0.3, -0.25) is 0 Å². The standard InChI is InChI=1S/C14H19FN2O2/c1-14(4-2-3-5-14)8-17-12-7-10(15)9(13(18)19)6-11(12)16/h6-7,17H,2-5,8,16H2,1H3,(H,18,19). The topological polar surface area (TPSA) is 75.3 Å². The number of halogens is 1. The van der Waals surface area contributed by atoms with Gasteiger partial charge in [-0.25, -0.2) is 9.18 Å². The van der Waals surface area contributed by atoms with Gasteiger partial charge in [0.2, 0.25) is 0 Å². The van der Waals surface area contributed by atoms with Crippen LogP contribution in [-0.4, -0.2) is 17.6 Å². The normalized spacial score (nSPS) is 17.4. The number of carbonyl (C=O) groups is 1. The Kier molecular flexibility index (Phi) is 3.64. The van der Waals surface area contributed by atoms with Crippen molar-refractivity contribution in [3.8, 4) is 0 Å². The van der Waals surface area contributed by atoms with Gasteiger partial charge in [0.25, 0.3) is 0 Å². The molecule has 0 saturated heterocycles. The van der Waals surface area contributed by atoms with Gasteiger partial charge in [-0.15, -0.1) is 0 Å². The fourth-order valence-corrected chi connectivity index (χ4v) is 2.62. The zero-order chi connectivity index (χ0) is 14.0. The molecule has 4 nitrogen and oxygen atoms in total. The molecule has 0 radical (unpaired) electrons. The number of rotatable bonds is 4. The highest BCUT2D eigenvalue weighted by atomic mass is 19.1. The number of hydrogen-bond acceptors (Lipinski definition) is 3. The first-order chi connectivity index (χ1) is 8.91. The smallest absolute Gasteiger partial charge is 0.338 e. The maximum absolute atomic E-state index is 13.6. The van der Waals surface area contributed by atoms with Crippen molar-refractivity contribution in [2.75, 3.05) is 17.6 Å². The van der Waals surface area contributed by atoms with Gasteiger partial charge < -0.3 is 16.2 Å². The van der Waals surface area contributed by atoms with Crippen molar-refractivity contribution >= 4 is 17.3 Å². The van der Waals surface area contributed by atoms with Crippen LogP contribution >= 0.6 is 0 Å². The van der Waals surface area contributed by atoms with E-state index >= 15 is 0 Å². The summed E-state index contributed by atoms with van der Waals surface area (Å²) >= 11 is 0. The quantitative estimate of drug-likeness (QED) is 0.732. The van der Waals surface area contributed by atoms with E-state index in [0.717, 1.165) is 31.5 Å². The van der Waals surface area contributed by atoms with Crippen LogP contribution in [0.1, 0.15) is 43.0 Å². The molecule has 5 heteroatoms. The predicted molar refractivity (Wildman–Crippen MR) is 72.8 cm³/mol. The van der Waals surface area contributed by atoms with E-state index in [4.69, 9.17) is 10.8 Å². The van der Waals surface area contributed by atoms with Crippen LogP contribution in [0.3, 0.4) is 0 Å². The number of benzene rings is 1. The van der Waals surface area contributed by atoms with Gasteiger partial charge in [0, 0.05) is 6.54 Å². The van der Waals surface area contributed by atoms with E-state index in [1.165, 1.54) is 12.8 Å². The van der Waals surface area contributed by atoms with Gasteiger partial charge in [-0.05, 0) is 30.4 Å². The third-order valence-electron chi connectivity index (χ3n) is 3.89. The van der Waals surface area contributed by atoms with E-state index in [1.54, 1.807) is 0 Å². The molecule has 1 aliphatic carbocycles. The lowest BCUT2D eigenvalue weighted by atomic mass is 9.89. The van der Waals surface area contributed by atoms with E-state index in [-0.39, 0.29) is 11.1 Å². The van der Waals surface area contributed by atoms with Crippen LogP contribution in [0.5, 0.6) is 0 Å². The number of nitrogens with one attached hydrogen (secondary N) is 1. The molecule has 2 rings (SSSR count). The average Bonchev–Trinajstić information content (AvgIpc) is 2.77. The van der Waals surface area contributed by atoms with Crippen molar-refractivity contribution in [2.24, 2.45) is 5.41 Å². The molecule has 1 aromatic rings. The minimum Gasteiger partial charge on any atom is -0.478 e. The summed E-state index contributed by atoms with van der Waals surface area (Å²) in [7, 11) is 0. The molecular weight excluding hydrogens is 247 g/mol. The summed E-state index contributed by atoms with van der Waals surface area (Å²) in [5, 5.41) is 12.0. The molecule has 0 heterocycles. The lowest BCUT2D eigenvalue weighted by Gasteiger charge is -2.25. The second-order valence-electron chi connectivity index (χ2n) is 5.60. The Morgan fingerprint density at radius 3 is 2.68 bits per heavy atom. The molecular formula is C14H19FN2O2. The first kappa shape index (κ1) is 13.6. The second kappa shape index (κ2) is 5.07. The molecule has 0 aromatic heterocycles. The van der Waals surface area contributed by atoms with Crippen LogP contribution in [-0.2, 0) is 0 Å². The summed E-state index contributed by atoms with van der Waals surface area (Å²) in [6, 6.07) is 2.33. The molecule has 1 saturated carbocycles. The molecule has 0 spiro atoms. The number of anilines is 2. The summed E-state index contributed by atoms with van der Waals surface area (Å²) in [5.41, 5.74) is 6.32. The van der Waals surface area contributed by atoms with E-state index in [2.05, 4.69) is 12.2 Å². The summed E-state index contributed by atoms with van der Waals surface area (Å²) in [5.74, 6) is -2.07. The molecule has 0 amide bonds. The van der Waals surface area contributed by atoms with Crippen LogP contribution < -0.4 is 11.1 Å². The van der Waals surface area contributed by atoms with Crippen molar-refractivity contribution in [2.45, 2.75) is 32.6 Å². The van der Waals surface area contributed by atoms with Crippen molar-refractivity contribution in [3.05, 3.63) is 23.5 Å². The molecule has 104 valence electrons. The Hall–Kier alpha value is -1.78. The number of carboxylic acid groups (broad SMARTS) is 1. The third-order valence-corrected chi connectivity index (χ3v) is 3.89. The molecule has 1 fully saturated rings. The van der Waals surface area contributed by atoms with Gasteiger partial charge in [0.05, 0.1) is 16.9 Å². The molecule has 0 unspecified atom stereocenters. The SMILES string of the molecule is CC1(CNc2cc(F)c(C(=O)O)cc2N)CCCC1. The second-order valence-corrected chi connectivity index (χ2v) is 5.60. The van der Waals surface area contributed by atoms with Crippen molar-refractivity contribution in [1.82, 2.24) is 0 Å². The number of hydrogen-bond donors (Lipinski definition) is 3. The number of aromatic carboxylic acids is 1. The Bertz CT molecular complexity index is 496. The molecule has 0 atom stereocenters. The van der Waals surface area contributed by atoms with Crippen molar-refractivity contribution < 1.29 is 14.3 Å². The van der Waals surface area contributed by atoms with Crippen LogP contribution in [0.2, 0.25) is 0 Å². The van der Waals surface area contributed by atoms with Gasteiger partial charge in [-0.2, -0.15) is 0 Å². The average molecular weight is 266 g/mol. The van der Waals surface area contributed by atoms with Gasteiger partial charge in [-0.1, -0.05) is 19.8 Å². The minimum atomic E-state index is -1.31. The summed E-state index contributed by atoms with van der Waals surface area (Å²) in [4.78, 5) is 10.8. The van der Waals surface area contributed by atoms with E-state index in [1.807, 2.05) is 0 Å². The van der Waals surface area contributed by atoms with Crippen LogP contribution in [0.25, 0.3) is 0 Å². The highest BCUT2D eigenvalue weighted by Crippen LogP contribution is 2.38. The Morgan fingerprint density at radius 2 is 2.11 bits per heavy atom. The van der Waals surface area contributed by atoms with Gasteiger partial charge in [0.1, 0.15) is 5.82 Å². The fourth-order valence-electron chi connectivity index (χ4n) is 2.62. The van der Waals surface area contributed by atoms with Crippen molar-refractivity contribution in [3.63, 3.8) is 0 Å². The lowest BCUT2D eigenvalue weighted by molar-refractivity contribution is 0.0692. The summed E-state index contributed by atoms with van der Waals surface area (Å²) < 4.78 is 13.6. The van der Waals surface area contributed by atoms with Crippen molar-refractivity contribution in [1.29, 1.82) is 0 Å². The molecule has 4 N–H and O–H groups in total. The molecule has 1 aliphatic rings. The number of nitrogen functional groups attached to an aromatic ring is 1. The molecule has 19 heavy (non-hydrogen) atoms. The summed E-state index contributed by atoms with van der Waals surface area (Å²) in [6.45, 7) is 2.92. The van der Waals surface area contributed by atoms with E-state index in [9.17, 15) is 9.18 Å². The fraction of sp³-hybridized carbons (Fsp3) is 0.500. The lowest BCUT2D eigenvalue weighted by Crippen LogP contribution is -2.23. The van der Waals surface area contributed by atoms with Gasteiger partial charge >= 0.3 is 5.97 Å². The number of carboxylic acids is 1. The van der Waals surface area contributed by atoms with E-state index in [0.29, 0.717) is 5.69 Å². The van der Waals surface area contributed by atoms with Crippen LogP contribution in [0.15, 0.2) is 12.1 Å². The highest BCUT2D eigenvalue weighted by Gasteiger charge is 2.28. The predicted octanol–water partition coefficient (Wildman–Crippen LogP) is 3.10. The molecule has 0 aliphatic heterocycles. The first-order valence-corrected chi connectivity index (χ1v) is 6.47. The largest absolute Gasteiger partial charge is 0.478 e. The Balaban J connectivity index is 2.13. The Morgan fingerprint density at radius 1 is 1.47 bits per heavy atom. The Labute approximate surface area is 111 Å². The molecule has 0 bridgehead atoms. The van der Waals surface area contributed by atoms with Gasteiger partial charge in [0.15, 0.2) is 0 Å².